The van der Waals surface area contributed by atoms with Crippen molar-refractivity contribution in [2.45, 2.75) is 19.5 Å². The molecule has 0 fully saturated rings. The third-order valence-corrected chi connectivity index (χ3v) is 2.79. The van der Waals surface area contributed by atoms with Crippen LogP contribution in [0.25, 0.3) is 10.9 Å². The SMILES string of the molecule is CCCNc1cc(C(F)(F)F)nc2c(F)c(F)cc(F)c12. The zero-order valence-electron chi connectivity index (χ0n) is 10.8. The number of benzene rings is 1. The molecule has 0 unspecified atom stereocenters. The second-order valence-electron chi connectivity index (χ2n) is 4.36. The molecule has 1 heterocycles. The van der Waals surface area contributed by atoms with E-state index in [0.29, 0.717) is 12.5 Å². The molecule has 1 aromatic carbocycles. The van der Waals surface area contributed by atoms with E-state index in [9.17, 15) is 26.3 Å². The number of nitrogens with zero attached hydrogens (tertiary/aromatic N) is 1. The van der Waals surface area contributed by atoms with Gasteiger partial charge in [-0.05, 0) is 12.5 Å². The molecule has 2 nitrogen and oxygen atoms in total. The molecule has 0 aliphatic rings. The molecular weight excluding hydrogens is 298 g/mol. The van der Waals surface area contributed by atoms with E-state index in [1.54, 1.807) is 6.92 Å². The Morgan fingerprint density at radius 1 is 1.10 bits per heavy atom. The Bertz CT molecular complexity index is 681. The van der Waals surface area contributed by atoms with Crippen LogP contribution in [0.1, 0.15) is 19.0 Å². The van der Waals surface area contributed by atoms with Crippen LogP contribution in [0.2, 0.25) is 0 Å². The zero-order chi connectivity index (χ0) is 15.8. The zero-order valence-corrected chi connectivity index (χ0v) is 10.8. The molecule has 8 heteroatoms. The Kier molecular flexibility index (Phi) is 3.97. The summed E-state index contributed by atoms with van der Waals surface area (Å²) in [7, 11) is 0. The van der Waals surface area contributed by atoms with Crippen LogP contribution in [0.15, 0.2) is 12.1 Å². The van der Waals surface area contributed by atoms with Gasteiger partial charge in [0.2, 0.25) is 0 Å². The average molecular weight is 308 g/mol. The van der Waals surface area contributed by atoms with E-state index in [2.05, 4.69) is 10.3 Å². The number of pyridine rings is 1. The van der Waals surface area contributed by atoms with Gasteiger partial charge in [0.25, 0.3) is 0 Å². The molecule has 1 N–H and O–H groups in total. The number of halogens is 6. The lowest BCUT2D eigenvalue weighted by molar-refractivity contribution is -0.140. The number of fused-ring (bicyclic) bond motifs is 1. The van der Waals surface area contributed by atoms with Crippen molar-refractivity contribution < 1.29 is 26.3 Å². The fraction of sp³-hybridized carbons (Fsp3) is 0.308. The van der Waals surface area contributed by atoms with Crippen LogP contribution in [-0.2, 0) is 6.18 Å². The van der Waals surface area contributed by atoms with Crippen LogP contribution >= 0.6 is 0 Å². The number of hydrogen-bond donors (Lipinski definition) is 1. The van der Waals surface area contributed by atoms with Crippen LogP contribution in [0.5, 0.6) is 0 Å². The molecule has 0 atom stereocenters. The maximum atomic E-state index is 13.8. The largest absolute Gasteiger partial charge is 0.433 e. The van der Waals surface area contributed by atoms with Crippen molar-refractivity contribution in [1.82, 2.24) is 4.98 Å². The summed E-state index contributed by atoms with van der Waals surface area (Å²) in [5, 5.41) is 2.06. The fourth-order valence-electron chi connectivity index (χ4n) is 1.85. The van der Waals surface area contributed by atoms with E-state index in [4.69, 9.17) is 0 Å². The molecule has 0 saturated heterocycles. The van der Waals surface area contributed by atoms with E-state index in [1.807, 2.05) is 0 Å². The first-order chi connectivity index (χ1) is 9.75. The van der Waals surface area contributed by atoms with E-state index in [0.717, 1.165) is 0 Å². The van der Waals surface area contributed by atoms with Crippen molar-refractivity contribution in [2.75, 3.05) is 11.9 Å². The Hall–Kier alpha value is -1.99. The highest BCUT2D eigenvalue weighted by atomic mass is 19.4. The second-order valence-corrected chi connectivity index (χ2v) is 4.36. The van der Waals surface area contributed by atoms with E-state index >= 15 is 0 Å². The molecule has 0 aliphatic heterocycles. The molecule has 2 aromatic rings. The lowest BCUT2D eigenvalue weighted by Crippen LogP contribution is -2.12. The monoisotopic (exact) mass is 308 g/mol. The highest BCUT2D eigenvalue weighted by Crippen LogP contribution is 2.35. The smallest absolute Gasteiger partial charge is 0.384 e. The van der Waals surface area contributed by atoms with Gasteiger partial charge >= 0.3 is 6.18 Å². The minimum atomic E-state index is -4.86. The number of alkyl halides is 3. The maximum Gasteiger partial charge on any atom is 0.433 e. The lowest BCUT2D eigenvalue weighted by atomic mass is 10.1. The van der Waals surface area contributed by atoms with Crippen LogP contribution in [0.4, 0.5) is 32.0 Å². The summed E-state index contributed by atoms with van der Waals surface area (Å²) in [5.41, 5.74) is -2.68. The molecule has 0 aliphatic carbocycles. The molecule has 2 rings (SSSR count). The van der Waals surface area contributed by atoms with Crippen LogP contribution in [0.3, 0.4) is 0 Å². The maximum absolute atomic E-state index is 13.8. The summed E-state index contributed by atoms with van der Waals surface area (Å²) in [6.07, 6.45) is -4.30. The van der Waals surface area contributed by atoms with E-state index < -0.39 is 40.2 Å². The fourth-order valence-corrected chi connectivity index (χ4v) is 1.85. The summed E-state index contributed by atoms with van der Waals surface area (Å²) in [5.74, 6) is -4.38. The van der Waals surface area contributed by atoms with E-state index in [1.165, 1.54) is 0 Å². The summed E-state index contributed by atoms with van der Waals surface area (Å²) >= 11 is 0. The van der Waals surface area contributed by atoms with Crippen molar-refractivity contribution in [2.24, 2.45) is 0 Å². The Labute approximate surface area is 115 Å². The molecule has 21 heavy (non-hydrogen) atoms. The third-order valence-electron chi connectivity index (χ3n) is 2.79. The van der Waals surface area contributed by atoms with Gasteiger partial charge < -0.3 is 5.32 Å². The third kappa shape index (κ3) is 2.88. The molecule has 0 saturated carbocycles. The predicted molar refractivity (Wildman–Crippen MR) is 65.4 cm³/mol. The van der Waals surface area contributed by atoms with Gasteiger partial charge in [0.1, 0.15) is 17.0 Å². The summed E-state index contributed by atoms with van der Waals surface area (Å²) in [6.45, 7) is 1.99. The first-order valence-electron chi connectivity index (χ1n) is 6.05. The van der Waals surface area contributed by atoms with Gasteiger partial charge in [0.15, 0.2) is 11.6 Å². The highest BCUT2D eigenvalue weighted by molar-refractivity contribution is 5.92. The van der Waals surface area contributed by atoms with Crippen LogP contribution in [-0.4, -0.2) is 11.5 Å². The van der Waals surface area contributed by atoms with Crippen molar-refractivity contribution in [3.63, 3.8) is 0 Å². The van der Waals surface area contributed by atoms with Gasteiger partial charge in [0.05, 0.1) is 5.39 Å². The molecule has 1 aromatic heterocycles. The first-order valence-corrected chi connectivity index (χ1v) is 6.05. The topological polar surface area (TPSA) is 24.9 Å². The predicted octanol–water partition coefficient (Wildman–Crippen LogP) is 4.49. The van der Waals surface area contributed by atoms with Gasteiger partial charge in [-0.25, -0.2) is 18.2 Å². The summed E-state index contributed by atoms with van der Waals surface area (Å²) in [4.78, 5) is 3.02. The van der Waals surface area contributed by atoms with Crippen molar-refractivity contribution >= 4 is 16.6 Å². The van der Waals surface area contributed by atoms with Crippen molar-refractivity contribution in [1.29, 1.82) is 0 Å². The van der Waals surface area contributed by atoms with Crippen molar-refractivity contribution in [3.05, 3.63) is 35.3 Å². The van der Waals surface area contributed by atoms with Gasteiger partial charge in [-0.2, -0.15) is 13.2 Å². The van der Waals surface area contributed by atoms with Gasteiger partial charge in [-0.15, -0.1) is 0 Å². The lowest BCUT2D eigenvalue weighted by Gasteiger charge is -2.14. The Morgan fingerprint density at radius 2 is 1.76 bits per heavy atom. The van der Waals surface area contributed by atoms with Crippen LogP contribution < -0.4 is 5.32 Å². The van der Waals surface area contributed by atoms with E-state index in [-0.39, 0.29) is 18.3 Å². The highest BCUT2D eigenvalue weighted by Gasteiger charge is 2.34. The first kappa shape index (κ1) is 15.4. The Morgan fingerprint density at radius 3 is 2.33 bits per heavy atom. The molecule has 114 valence electrons. The number of rotatable bonds is 3. The standard InChI is InChI=1S/C13H10F6N2/c1-2-3-20-8-5-9(13(17,18)19)21-12-10(8)6(14)4-7(15)11(12)16/h4-5H,2-3H2,1H3,(H,20,21). The van der Waals surface area contributed by atoms with Gasteiger partial charge in [-0.1, -0.05) is 6.92 Å². The molecule has 0 spiro atoms. The second kappa shape index (κ2) is 5.42. The molecule has 0 radical (unpaired) electrons. The Balaban J connectivity index is 2.81. The number of nitrogens with one attached hydrogen (secondary N) is 1. The summed E-state index contributed by atoms with van der Waals surface area (Å²) < 4.78 is 78.8. The van der Waals surface area contributed by atoms with Gasteiger partial charge in [-0.3, -0.25) is 0 Å². The van der Waals surface area contributed by atoms with Gasteiger partial charge in [0, 0.05) is 18.3 Å². The number of anilines is 1. The number of hydrogen-bond acceptors (Lipinski definition) is 2. The number of aromatic nitrogens is 1. The minimum Gasteiger partial charge on any atom is -0.384 e. The normalized spacial score (nSPS) is 12.0. The molecule has 0 bridgehead atoms. The quantitative estimate of drug-likeness (QED) is 0.667. The summed E-state index contributed by atoms with van der Waals surface area (Å²) in [6, 6.07) is 0.863. The van der Waals surface area contributed by atoms with Crippen LogP contribution in [0, 0.1) is 17.5 Å². The molecular formula is C13H10F6N2. The van der Waals surface area contributed by atoms with Crippen molar-refractivity contribution in [3.8, 4) is 0 Å². The minimum absolute atomic E-state index is 0.245. The molecule has 0 amide bonds. The average Bonchev–Trinajstić information content (AvgIpc) is 2.40.